The van der Waals surface area contributed by atoms with Crippen LogP contribution in [0.4, 0.5) is 19.0 Å². The molecule has 5 nitrogen and oxygen atoms in total. The molecule has 2 aromatic rings. The lowest BCUT2D eigenvalue weighted by Gasteiger charge is -2.09. The van der Waals surface area contributed by atoms with Crippen molar-refractivity contribution in [1.29, 1.82) is 0 Å². The molecule has 0 amide bonds. The van der Waals surface area contributed by atoms with E-state index in [0.29, 0.717) is 17.2 Å². The quantitative estimate of drug-likeness (QED) is 0.919. The Labute approximate surface area is 112 Å². The van der Waals surface area contributed by atoms with Gasteiger partial charge in [-0.1, -0.05) is 0 Å². The molecule has 2 heterocycles. The Bertz CT molecular complexity index is 658. The second-order valence-electron chi connectivity index (χ2n) is 4.83. The molecule has 0 unspecified atom stereocenters. The van der Waals surface area contributed by atoms with Crippen molar-refractivity contribution in [1.82, 2.24) is 19.7 Å². The van der Waals surface area contributed by atoms with Gasteiger partial charge in [-0.25, -0.2) is 14.6 Å². The van der Waals surface area contributed by atoms with Crippen molar-refractivity contribution in [3.63, 3.8) is 0 Å². The molecule has 0 aliphatic heterocycles. The Hall–Kier alpha value is -2.12. The van der Waals surface area contributed by atoms with Gasteiger partial charge in [-0.15, -0.1) is 0 Å². The summed E-state index contributed by atoms with van der Waals surface area (Å²) in [5, 5.41) is 3.52. The molecule has 3 rings (SSSR count). The van der Waals surface area contributed by atoms with E-state index in [0.717, 1.165) is 23.6 Å². The highest BCUT2D eigenvalue weighted by Gasteiger charge is 2.34. The molecule has 0 spiro atoms. The maximum absolute atomic E-state index is 12.6. The second kappa shape index (κ2) is 4.19. The lowest BCUT2D eigenvalue weighted by molar-refractivity contribution is -0.141. The predicted molar refractivity (Wildman–Crippen MR) is 65.3 cm³/mol. The lowest BCUT2D eigenvalue weighted by Crippen LogP contribution is -2.11. The zero-order chi connectivity index (χ0) is 14.5. The van der Waals surface area contributed by atoms with Crippen LogP contribution in [0, 0.1) is 6.92 Å². The van der Waals surface area contributed by atoms with E-state index in [2.05, 4.69) is 15.1 Å². The predicted octanol–water partition coefficient (Wildman–Crippen LogP) is 2.45. The summed E-state index contributed by atoms with van der Waals surface area (Å²) in [6, 6.07) is 0.911. The molecule has 1 saturated carbocycles. The Morgan fingerprint density at radius 2 is 2.00 bits per heavy atom. The summed E-state index contributed by atoms with van der Waals surface area (Å²) in [5.41, 5.74) is 5.37. The number of nitrogens with two attached hydrogens (primary N) is 1. The van der Waals surface area contributed by atoms with Crippen molar-refractivity contribution >= 4 is 5.82 Å². The fraction of sp³-hybridized carbons (Fsp3) is 0.417. The number of hydrogen-bond donors (Lipinski definition) is 1. The van der Waals surface area contributed by atoms with Gasteiger partial charge >= 0.3 is 6.18 Å². The number of halogens is 3. The van der Waals surface area contributed by atoms with Crippen LogP contribution in [0.1, 0.15) is 35.8 Å². The summed E-state index contributed by atoms with van der Waals surface area (Å²) in [4.78, 5) is 8.48. The third kappa shape index (κ3) is 2.21. The summed E-state index contributed by atoms with van der Waals surface area (Å²) in [5.74, 6) is 1.41. The zero-order valence-corrected chi connectivity index (χ0v) is 10.6. The van der Waals surface area contributed by atoms with E-state index in [-0.39, 0.29) is 11.7 Å². The standard InChI is InChI=1S/C12H12F3N5/c1-6-9(16)17-10(7-2-3-7)18-11(6)20-5-4-8(19-20)12(13,14)15/h4-5,7H,2-3H2,1H3,(H2,16,17,18). The minimum atomic E-state index is -4.48. The van der Waals surface area contributed by atoms with Crippen LogP contribution in [-0.4, -0.2) is 19.7 Å². The first kappa shape index (κ1) is 12.9. The average molecular weight is 283 g/mol. The van der Waals surface area contributed by atoms with Gasteiger partial charge in [0.1, 0.15) is 11.6 Å². The topological polar surface area (TPSA) is 69.6 Å². The minimum absolute atomic E-state index is 0.259. The number of nitrogens with zero attached hydrogens (tertiary/aromatic N) is 4. The number of nitrogen functional groups attached to an aromatic ring is 1. The maximum atomic E-state index is 12.6. The van der Waals surface area contributed by atoms with Gasteiger partial charge in [0.05, 0.1) is 0 Å². The molecule has 2 N–H and O–H groups in total. The first-order chi connectivity index (χ1) is 9.36. The van der Waals surface area contributed by atoms with E-state index in [1.54, 1.807) is 6.92 Å². The van der Waals surface area contributed by atoms with E-state index in [1.807, 2.05) is 0 Å². The van der Waals surface area contributed by atoms with Crippen LogP contribution in [0.15, 0.2) is 12.3 Å². The molecule has 20 heavy (non-hydrogen) atoms. The van der Waals surface area contributed by atoms with Crippen molar-refractivity contribution in [2.24, 2.45) is 0 Å². The van der Waals surface area contributed by atoms with Gasteiger partial charge in [0.15, 0.2) is 11.5 Å². The Morgan fingerprint density at radius 3 is 2.55 bits per heavy atom. The molecule has 2 aromatic heterocycles. The molecular weight excluding hydrogens is 271 g/mol. The highest BCUT2D eigenvalue weighted by atomic mass is 19.4. The van der Waals surface area contributed by atoms with Gasteiger partial charge in [0, 0.05) is 17.7 Å². The normalized spacial score (nSPS) is 15.6. The number of hydrogen-bond acceptors (Lipinski definition) is 4. The molecule has 1 fully saturated rings. The monoisotopic (exact) mass is 283 g/mol. The third-order valence-corrected chi connectivity index (χ3v) is 3.21. The zero-order valence-electron chi connectivity index (χ0n) is 10.6. The van der Waals surface area contributed by atoms with Crippen LogP contribution in [0.2, 0.25) is 0 Å². The van der Waals surface area contributed by atoms with Crippen LogP contribution in [0.5, 0.6) is 0 Å². The van der Waals surface area contributed by atoms with Crippen molar-refractivity contribution in [2.75, 3.05) is 5.73 Å². The first-order valence-corrected chi connectivity index (χ1v) is 6.13. The molecule has 8 heteroatoms. The molecule has 0 radical (unpaired) electrons. The third-order valence-electron chi connectivity index (χ3n) is 3.21. The van der Waals surface area contributed by atoms with Gasteiger partial charge in [-0.2, -0.15) is 18.3 Å². The van der Waals surface area contributed by atoms with Gasteiger partial charge < -0.3 is 5.73 Å². The van der Waals surface area contributed by atoms with Crippen LogP contribution in [0.3, 0.4) is 0 Å². The molecule has 0 aromatic carbocycles. The molecule has 1 aliphatic rings. The fourth-order valence-electron chi connectivity index (χ4n) is 1.88. The number of anilines is 1. The Kier molecular flexibility index (Phi) is 2.70. The number of alkyl halides is 3. The smallest absolute Gasteiger partial charge is 0.383 e. The lowest BCUT2D eigenvalue weighted by atomic mass is 10.3. The average Bonchev–Trinajstić information content (AvgIpc) is 3.08. The van der Waals surface area contributed by atoms with Crippen LogP contribution < -0.4 is 5.73 Å². The molecule has 0 bridgehead atoms. The van der Waals surface area contributed by atoms with E-state index >= 15 is 0 Å². The summed E-state index contributed by atoms with van der Waals surface area (Å²) in [6.45, 7) is 1.66. The molecular formula is C12H12F3N5. The highest BCUT2D eigenvalue weighted by Crippen LogP contribution is 2.39. The summed E-state index contributed by atoms with van der Waals surface area (Å²) in [7, 11) is 0. The summed E-state index contributed by atoms with van der Waals surface area (Å²) >= 11 is 0. The Morgan fingerprint density at radius 1 is 1.30 bits per heavy atom. The summed E-state index contributed by atoms with van der Waals surface area (Å²) in [6.07, 6.45) is -1.28. The minimum Gasteiger partial charge on any atom is -0.383 e. The molecule has 0 atom stereocenters. The molecule has 0 saturated heterocycles. The van der Waals surface area contributed by atoms with Crippen LogP contribution in [-0.2, 0) is 6.18 Å². The SMILES string of the molecule is Cc1c(N)nc(C2CC2)nc1-n1ccc(C(F)(F)F)n1. The van der Waals surface area contributed by atoms with Crippen LogP contribution in [0.25, 0.3) is 5.82 Å². The van der Waals surface area contributed by atoms with Gasteiger partial charge in [-0.3, -0.25) is 0 Å². The van der Waals surface area contributed by atoms with E-state index in [1.165, 1.54) is 6.20 Å². The van der Waals surface area contributed by atoms with Gasteiger partial charge in [0.25, 0.3) is 0 Å². The number of rotatable bonds is 2. The number of aromatic nitrogens is 4. The first-order valence-electron chi connectivity index (χ1n) is 6.13. The van der Waals surface area contributed by atoms with Crippen molar-refractivity contribution < 1.29 is 13.2 Å². The van der Waals surface area contributed by atoms with Crippen LogP contribution >= 0.6 is 0 Å². The second-order valence-corrected chi connectivity index (χ2v) is 4.83. The van der Waals surface area contributed by atoms with Gasteiger partial charge in [0.2, 0.25) is 0 Å². The van der Waals surface area contributed by atoms with Gasteiger partial charge in [-0.05, 0) is 25.8 Å². The van der Waals surface area contributed by atoms with E-state index in [9.17, 15) is 13.2 Å². The van der Waals surface area contributed by atoms with Crippen molar-refractivity contribution in [3.8, 4) is 5.82 Å². The fourth-order valence-corrected chi connectivity index (χ4v) is 1.88. The van der Waals surface area contributed by atoms with E-state index in [4.69, 9.17) is 5.73 Å². The largest absolute Gasteiger partial charge is 0.435 e. The molecule has 1 aliphatic carbocycles. The van der Waals surface area contributed by atoms with Crippen molar-refractivity contribution in [3.05, 3.63) is 29.3 Å². The molecule has 106 valence electrons. The Balaban J connectivity index is 2.07. The van der Waals surface area contributed by atoms with Crippen molar-refractivity contribution in [2.45, 2.75) is 31.9 Å². The summed E-state index contributed by atoms with van der Waals surface area (Å²) < 4.78 is 38.8. The maximum Gasteiger partial charge on any atom is 0.435 e. The highest BCUT2D eigenvalue weighted by molar-refractivity contribution is 5.48. The van der Waals surface area contributed by atoms with E-state index < -0.39 is 11.9 Å².